The third-order valence-corrected chi connectivity index (χ3v) is 3.89. The zero-order valence-electron chi connectivity index (χ0n) is 10.8. The summed E-state index contributed by atoms with van der Waals surface area (Å²) in [4.78, 5) is 0. The van der Waals surface area contributed by atoms with Crippen molar-refractivity contribution in [2.45, 2.75) is 19.8 Å². The van der Waals surface area contributed by atoms with E-state index in [2.05, 4.69) is 60.8 Å². The molecular formula is C17H19N. The first kappa shape index (κ1) is 11.3. The summed E-state index contributed by atoms with van der Waals surface area (Å²) in [6.07, 6.45) is 2.46. The molecule has 0 spiro atoms. The van der Waals surface area contributed by atoms with Crippen molar-refractivity contribution >= 4 is 5.69 Å². The predicted molar refractivity (Wildman–Crippen MR) is 77.9 cm³/mol. The largest absolute Gasteiger partial charge is 0.384 e. The van der Waals surface area contributed by atoms with Crippen molar-refractivity contribution in [2.75, 3.05) is 11.9 Å². The Morgan fingerprint density at radius 3 is 2.67 bits per heavy atom. The number of hydrogen-bond donors (Lipinski definition) is 1. The number of fused-ring (bicyclic) bond motifs is 1. The van der Waals surface area contributed by atoms with E-state index in [1.54, 1.807) is 0 Å². The molecule has 0 saturated carbocycles. The Hall–Kier alpha value is -1.76. The minimum Gasteiger partial charge on any atom is -0.384 e. The van der Waals surface area contributed by atoms with Crippen molar-refractivity contribution in [3.63, 3.8) is 0 Å². The average Bonchev–Trinajstić information content (AvgIpc) is 2.47. The van der Waals surface area contributed by atoms with Gasteiger partial charge in [0, 0.05) is 17.8 Å². The second-order valence-electron chi connectivity index (χ2n) is 5.07. The molecule has 18 heavy (non-hydrogen) atoms. The molecule has 1 atom stereocenters. The molecule has 92 valence electrons. The van der Waals surface area contributed by atoms with Gasteiger partial charge in [-0.15, -0.1) is 0 Å². The van der Waals surface area contributed by atoms with E-state index in [1.807, 2.05) is 0 Å². The van der Waals surface area contributed by atoms with Crippen LogP contribution < -0.4 is 5.32 Å². The van der Waals surface area contributed by atoms with Gasteiger partial charge in [0.2, 0.25) is 0 Å². The molecule has 1 nitrogen and oxygen atoms in total. The van der Waals surface area contributed by atoms with Gasteiger partial charge < -0.3 is 5.32 Å². The highest BCUT2D eigenvalue weighted by Crippen LogP contribution is 2.35. The van der Waals surface area contributed by atoms with Crippen LogP contribution >= 0.6 is 0 Å². The van der Waals surface area contributed by atoms with Gasteiger partial charge >= 0.3 is 0 Å². The molecule has 0 aliphatic carbocycles. The highest BCUT2D eigenvalue weighted by atomic mass is 14.9. The van der Waals surface area contributed by atoms with Crippen LogP contribution in [0.25, 0.3) is 11.1 Å². The maximum atomic E-state index is 3.63. The van der Waals surface area contributed by atoms with Crippen LogP contribution in [0.2, 0.25) is 0 Å². The van der Waals surface area contributed by atoms with Crippen LogP contribution in [0.5, 0.6) is 0 Å². The average molecular weight is 237 g/mol. The molecule has 0 saturated heterocycles. The van der Waals surface area contributed by atoms with Gasteiger partial charge in [-0.3, -0.25) is 0 Å². The molecule has 1 unspecified atom stereocenters. The lowest BCUT2D eigenvalue weighted by molar-refractivity contribution is 0.521. The van der Waals surface area contributed by atoms with Crippen LogP contribution in [-0.4, -0.2) is 6.54 Å². The van der Waals surface area contributed by atoms with E-state index in [4.69, 9.17) is 0 Å². The van der Waals surface area contributed by atoms with E-state index in [9.17, 15) is 0 Å². The first-order valence-corrected chi connectivity index (χ1v) is 6.79. The predicted octanol–water partition coefficient (Wildman–Crippen LogP) is 4.35. The van der Waals surface area contributed by atoms with E-state index in [1.165, 1.54) is 35.2 Å². The van der Waals surface area contributed by atoms with E-state index in [0.29, 0.717) is 0 Å². The Labute approximate surface area is 109 Å². The molecule has 0 aromatic heterocycles. The van der Waals surface area contributed by atoms with Gasteiger partial charge in [-0.25, -0.2) is 0 Å². The Bertz CT molecular complexity index is 531. The molecular weight excluding hydrogens is 218 g/mol. The minimum absolute atomic E-state index is 0.781. The zero-order valence-corrected chi connectivity index (χ0v) is 10.8. The monoisotopic (exact) mass is 237 g/mol. The fraction of sp³-hybridized carbons (Fsp3) is 0.294. The van der Waals surface area contributed by atoms with Gasteiger partial charge in [0.05, 0.1) is 0 Å². The van der Waals surface area contributed by atoms with E-state index >= 15 is 0 Å². The second-order valence-corrected chi connectivity index (χ2v) is 5.07. The first-order valence-electron chi connectivity index (χ1n) is 6.79. The number of hydrogen-bond acceptors (Lipinski definition) is 1. The Kier molecular flexibility index (Phi) is 3.06. The normalized spacial score (nSPS) is 17.9. The lowest BCUT2D eigenvalue weighted by Crippen LogP contribution is -2.22. The maximum Gasteiger partial charge on any atom is 0.0452 e. The van der Waals surface area contributed by atoms with Gasteiger partial charge in [0.1, 0.15) is 0 Å². The fourth-order valence-electron chi connectivity index (χ4n) is 2.76. The Balaban J connectivity index is 2.03. The van der Waals surface area contributed by atoms with E-state index in [0.717, 1.165) is 12.5 Å². The first-order chi connectivity index (χ1) is 8.88. The smallest absolute Gasteiger partial charge is 0.0452 e. The van der Waals surface area contributed by atoms with Crippen molar-refractivity contribution < 1.29 is 0 Å². The second kappa shape index (κ2) is 4.85. The topological polar surface area (TPSA) is 12.0 Å². The molecule has 0 fully saturated rings. The summed E-state index contributed by atoms with van der Waals surface area (Å²) in [5.41, 5.74) is 5.45. The van der Waals surface area contributed by atoms with Crippen LogP contribution in [0.4, 0.5) is 5.69 Å². The molecule has 1 N–H and O–H groups in total. The zero-order chi connectivity index (χ0) is 12.4. The highest BCUT2D eigenvalue weighted by Gasteiger charge is 2.19. The summed E-state index contributed by atoms with van der Waals surface area (Å²) in [6.45, 7) is 3.38. The van der Waals surface area contributed by atoms with Crippen LogP contribution in [0.3, 0.4) is 0 Å². The minimum atomic E-state index is 0.781. The van der Waals surface area contributed by atoms with Gasteiger partial charge in [-0.2, -0.15) is 0 Å². The van der Waals surface area contributed by atoms with Gasteiger partial charge in [0.25, 0.3) is 0 Å². The number of rotatable bonds is 2. The molecule has 1 aliphatic rings. The SMILES string of the molecule is CCC1CNc2c(cccc2-c2ccccc2)C1. The summed E-state index contributed by atoms with van der Waals surface area (Å²) < 4.78 is 0. The van der Waals surface area contributed by atoms with Crippen LogP contribution in [0.15, 0.2) is 48.5 Å². The van der Waals surface area contributed by atoms with Crippen molar-refractivity contribution in [1.29, 1.82) is 0 Å². The lowest BCUT2D eigenvalue weighted by Gasteiger charge is -2.27. The maximum absolute atomic E-state index is 3.63. The quantitative estimate of drug-likeness (QED) is 0.819. The van der Waals surface area contributed by atoms with Gasteiger partial charge in [-0.05, 0) is 23.5 Å². The van der Waals surface area contributed by atoms with Crippen molar-refractivity contribution in [2.24, 2.45) is 5.92 Å². The van der Waals surface area contributed by atoms with E-state index < -0.39 is 0 Å². The molecule has 0 amide bonds. The number of anilines is 1. The lowest BCUT2D eigenvalue weighted by atomic mass is 9.89. The number of para-hydroxylation sites is 1. The summed E-state index contributed by atoms with van der Waals surface area (Å²) in [5, 5.41) is 3.63. The van der Waals surface area contributed by atoms with Crippen molar-refractivity contribution in [3.05, 3.63) is 54.1 Å². The molecule has 0 radical (unpaired) electrons. The van der Waals surface area contributed by atoms with Crippen molar-refractivity contribution in [1.82, 2.24) is 0 Å². The van der Waals surface area contributed by atoms with Crippen molar-refractivity contribution in [3.8, 4) is 11.1 Å². The third-order valence-electron chi connectivity index (χ3n) is 3.89. The molecule has 1 aliphatic heterocycles. The summed E-state index contributed by atoms with van der Waals surface area (Å²) in [7, 11) is 0. The third kappa shape index (κ3) is 2.01. The molecule has 2 aromatic rings. The number of benzene rings is 2. The van der Waals surface area contributed by atoms with Gasteiger partial charge in [-0.1, -0.05) is 61.9 Å². The summed E-state index contributed by atoms with van der Waals surface area (Å²) in [5.74, 6) is 0.781. The van der Waals surface area contributed by atoms with E-state index in [-0.39, 0.29) is 0 Å². The molecule has 2 aromatic carbocycles. The number of nitrogens with one attached hydrogen (secondary N) is 1. The van der Waals surface area contributed by atoms with Crippen LogP contribution in [0, 0.1) is 5.92 Å². The molecule has 0 bridgehead atoms. The van der Waals surface area contributed by atoms with Gasteiger partial charge in [0.15, 0.2) is 0 Å². The molecule has 1 heteroatoms. The fourth-order valence-corrected chi connectivity index (χ4v) is 2.76. The Morgan fingerprint density at radius 1 is 1.06 bits per heavy atom. The van der Waals surface area contributed by atoms with Crippen LogP contribution in [-0.2, 0) is 6.42 Å². The molecule has 3 rings (SSSR count). The Morgan fingerprint density at radius 2 is 1.89 bits per heavy atom. The highest BCUT2D eigenvalue weighted by molar-refractivity contribution is 5.80. The van der Waals surface area contributed by atoms with Crippen LogP contribution in [0.1, 0.15) is 18.9 Å². The summed E-state index contributed by atoms with van der Waals surface area (Å²) in [6, 6.07) is 17.3. The summed E-state index contributed by atoms with van der Waals surface area (Å²) >= 11 is 0. The standard InChI is InChI=1S/C17H19N/c1-2-13-11-15-9-6-10-16(17(15)18-12-13)14-7-4-3-5-8-14/h3-10,13,18H,2,11-12H2,1H3. The molecule has 1 heterocycles.